The third-order valence-corrected chi connectivity index (χ3v) is 3.22. The molecule has 0 fully saturated rings. The SMILES string of the molecule is COC(=O)c1ccc(-c2cc(-c3cccc(F)c3)no2)cc1. The first-order valence-electron chi connectivity index (χ1n) is 6.59. The lowest BCUT2D eigenvalue weighted by Gasteiger charge is -1.99. The van der Waals surface area contributed by atoms with Crippen LogP contribution in [0.3, 0.4) is 0 Å². The van der Waals surface area contributed by atoms with E-state index in [9.17, 15) is 9.18 Å². The molecule has 0 saturated heterocycles. The Morgan fingerprint density at radius 3 is 2.55 bits per heavy atom. The third-order valence-electron chi connectivity index (χ3n) is 3.22. The molecule has 3 aromatic rings. The van der Waals surface area contributed by atoms with Gasteiger partial charge in [-0.3, -0.25) is 0 Å². The summed E-state index contributed by atoms with van der Waals surface area (Å²) < 4.78 is 23.2. The molecule has 0 spiro atoms. The summed E-state index contributed by atoms with van der Waals surface area (Å²) in [6.07, 6.45) is 0. The normalized spacial score (nSPS) is 10.5. The van der Waals surface area contributed by atoms with Gasteiger partial charge in [0.05, 0.1) is 12.7 Å². The first-order chi connectivity index (χ1) is 10.7. The highest BCUT2D eigenvalue weighted by molar-refractivity contribution is 5.89. The molecule has 1 heterocycles. The number of hydrogen-bond donors (Lipinski definition) is 0. The Labute approximate surface area is 126 Å². The summed E-state index contributed by atoms with van der Waals surface area (Å²) in [6, 6.07) is 14.6. The van der Waals surface area contributed by atoms with E-state index in [-0.39, 0.29) is 5.82 Å². The van der Waals surface area contributed by atoms with Gasteiger partial charge in [0.2, 0.25) is 0 Å². The Bertz CT molecular complexity index is 809. The lowest BCUT2D eigenvalue weighted by atomic mass is 10.1. The minimum absolute atomic E-state index is 0.329. The molecule has 0 aliphatic rings. The van der Waals surface area contributed by atoms with Gasteiger partial charge in [0, 0.05) is 17.2 Å². The Kier molecular flexibility index (Phi) is 3.70. The fourth-order valence-corrected chi connectivity index (χ4v) is 2.08. The average molecular weight is 297 g/mol. The van der Waals surface area contributed by atoms with Crippen LogP contribution in [0, 0.1) is 5.82 Å². The van der Waals surface area contributed by atoms with Gasteiger partial charge in [0.1, 0.15) is 11.5 Å². The van der Waals surface area contributed by atoms with Crippen molar-refractivity contribution in [2.45, 2.75) is 0 Å². The van der Waals surface area contributed by atoms with Crippen molar-refractivity contribution in [1.82, 2.24) is 5.16 Å². The molecular formula is C17H12FNO3. The van der Waals surface area contributed by atoms with Gasteiger partial charge in [-0.1, -0.05) is 29.4 Å². The summed E-state index contributed by atoms with van der Waals surface area (Å²) in [7, 11) is 1.33. The summed E-state index contributed by atoms with van der Waals surface area (Å²) in [5.74, 6) is -0.190. The fourth-order valence-electron chi connectivity index (χ4n) is 2.08. The minimum atomic E-state index is -0.399. The average Bonchev–Trinajstić information content (AvgIpc) is 3.04. The number of ether oxygens (including phenoxy) is 1. The molecule has 0 radical (unpaired) electrons. The Morgan fingerprint density at radius 1 is 1.09 bits per heavy atom. The first kappa shape index (κ1) is 14.0. The topological polar surface area (TPSA) is 52.3 Å². The highest BCUT2D eigenvalue weighted by Gasteiger charge is 2.10. The van der Waals surface area contributed by atoms with Gasteiger partial charge in [-0.25, -0.2) is 9.18 Å². The molecule has 0 bridgehead atoms. The highest BCUT2D eigenvalue weighted by Crippen LogP contribution is 2.26. The van der Waals surface area contributed by atoms with Gasteiger partial charge in [0.25, 0.3) is 0 Å². The van der Waals surface area contributed by atoms with Crippen LogP contribution in [0.5, 0.6) is 0 Å². The molecular weight excluding hydrogens is 285 g/mol. The predicted molar refractivity (Wildman–Crippen MR) is 78.7 cm³/mol. The van der Waals surface area contributed by atoms with Crippen molar-refractivity contribution >= 4 is 5.97 Å². The number of halogens is 1. The van der Waals surface area contributed by atoms with Crippen molar-refractivity contribution in [2.75, 3.05) is 7.11 Å². The number of benzene rings is 2. The number of hydrogen-bond acceptors (Lipinski definition) is 4. The number of carbonyl (C=O) groups is 1. The van der Waals surface area contributed by atoms with E-state index in [0.717, 1.165) is 5.56 Å². The van der Waals surface area contributed by atoms with Crippen molar-refractivity contribution < 1.29 is 18.4 Å². The third kappa shape index (κ3) is 2.74. The molecule has 1 aromatic heterocycles. The lowest BCUT2D eigenvalue weighted by molar-refractivity contribution is 0.0601. The summed E-state index contributed by atoms with van der Waals surface area (Å²) in [5, 5.41) is 3.94. The molecule has 5 heteroatoms. The quantitative estimate of drug-likeness (QED) is 0.687. The van der Waals surface area contributed by atoms with E-state index in [1.807, 2.05) is 0 Å². The number of rotatable bonds is 3. The molecule has 0 aliphatic heterocycles. The Balaban J connectivity index is 1.89. The molecule has 3 rings (SSSR count). The van der Waals surface area contributed by atoms with Crippen molar-refractivity contribution in [3.05, 3.63) is 66.0 Å². The standard InChI is InChI=1S/C17H12FNO3/c1-21-17(20)12-7-5-11(6-8-12)16-10-15(19-22-16)13-3-2-4-14(18)9-13/h2-10H,1H3. The Hall–Kier alpha value is -2.95. The molecule has 2 aromatic carbocycles. The molecule has 0 aliphatic carbocycles. The predicted octanol–water partition coefficient (Wildman–Crippen LogP) is 3.93. The summed E-state index contributed by atoms with van der Waals surface area (Å²) in [6.45, 7) is 0. The van der Waals surface area contributed by atoms with Crippen LogP contribution in [-0.2, 0) is 4.74 Å². The maximum absolute atomic E-state index is 13.2. The fraction of sp³-hybridized carbons (Fsp3) is 0.0588. The van der Waals surface area contributed by atoms with E-state index in [1.165, 1.54) is 19.2 Å². The second kappa shape index (κ2) is 5.81. The van der Waals surface area contributed by atoms with Crippen molar-refractivity contribution in [3.8, 4) is 22.6 Å². The smallest absolute Gasteiger partial charge is 0.337 e. The lowest BCUT2D eigenvalue weighted by Crippen LogP contribution is -2.00. The molecule has 0 atom stereocenters. The van der Waals surface area contributed by atoms with Gasteiger partial charge in [-0.05, 0) is 24.3 Å². The monoisotopic (exact) mass is 297 g/mol. The number of methoxy groups -OCH3 is 1. The van der Waals surface area contributed by atoms with Crippen LogP contribution in [0.4, 0.5) is 4.39 Å². The zero-order chi connectivity index (χ0) is 15.5. The number of nitrogens with zero attached hydrogens (tertiary/aromatic N) is 1. The van der Waals surface area contributed by atoms with E-state index in [2.05, 4.69) is 9.89 Å². The largest absolute Gasteiger partial charge is 0.465 e. The van der Waals surface area contributed by atoms with Gasteiger partial charge in [-0.15, -0.1) is 0 Å². The molecule has 0 N–H and O–H groups in total. The summed E-state index contributed by atoms with van der Waals surface area (Å²) in [4.78, 5) is 11.4. The molecule has 0 unspecified atom stereocenters. The van der Waals surface area contributed by atoms with Gasteiger partial charge < -0.3 is 9.26 Å². The van der Waals surface area contributed by atoms with E-state index >= 15 is 0 Å². The zero-order valence-corrected chi connectivity index (χ0v) is 11.7. The van der Waals surface area contributed by atoms with Crippen molar-refractivity contribution in [1.29, 1.82) is 0 Å². The van der Waals surface area contributed by atoms with Crippen LogP contribution >= 0.6 is 0 Å². The molecule has 22 heavy (non-hydrogen) atoms. The van der Waals surface area contributed by atoms with E-state index in [1.54, 1.807) is 42.5 Å². The molecule has 4 nitrogen and oxygen atoms in total. The molecule has 0 amide bonds. The first-order valence-corrected chi connectivity index (χ1v) is 6.59. The van der Waals surface area contributed by atoms with Crippen molar-refractivity contribution in [2.24, 2.45) is 0 Å². The number of esters is 1. The van der Waals surface area contributed by atoms with Gasteiger partial charge >= 0.3 is 5.97 Å². The second-order valence-corrected chi connectivity index (χ2v) is 4.66. The Morgan fingerprint density at radius 2 is 1.86 bits per heavy atom. The second-order valence-electron chi connectivity index (χ2n) is 4.66. The van der Waals surface area contributed by atoms with Crippen LogP contribution in [-0.4, -0.2) is 18.2 Å². The summed E-state index contributed by atoms with van der Waals surface area (Å²) in [5.41, 5.74) is 2.41. The van der Waals surface area contributed by atoms with E-state index in [4.69, 9.17) is 4.52 Å². The highest BCUT2D eigenvalue weighted by atomic mass is 19.1. The van der Waals surface area contributed by atoms with Gasteiger partial charge in [0.15, 0.2) is 5.76 Å². The van der Waals surface area contributed by atoms with E-state index in [0.29, 0.717) is 22.6 Å². The number of carbonyl (C=O) groups excluding carboxylic acids is 1. The van der Waals surface area contributed by atoms with Crippen molar-refractivity contribution in [3.63, 3.8) is 0 Å². The van der Waals surface area contributed by atoms with E-state index < -0.39 is 5.97 Å². The minimum Gasteiger partial charge on any atom is -0.465 e. The van der Waals surface area contributed by atoms with Crippen LogP contribution in [0.2, 0.25) is 0 Å². The zero-order valence-electron chi connectivity index (χ0n) is 11.7. The number of aromatic nitrogens is 1. The maximum atomic E-state index is 13.2. The van der Waals surface area contributed by atoms with Crippen LogP contribution < -0.4 is 0 Å². The van der Waals surface area contributed by atoms with Crippen LogP contribution in [0.25, 0.3) is 22.6 Å². The maximum Gasteiger partial charge on any atom is 0.337 e. The van der Waals surface area contributed by atoms with Gasteiger partial charge in [-0.2, -0.15) is 0 Å². The summed E-state index contributed by atoms with van der Waals surface area (Å²) >= 11 is 0. The molecule has 110 valence electrons. The molecule has 0 saturated carbocycles. The van der Waals surface area contributed by atoms with Crippen LogP contribution in [0.15, 0.2) is 59.1 Å². The van der Waals surface area contributed by atoms with Crippen LogP contribution in [0.1, 0.15) is 10.4 Å².